The zero-order valence-corrected chi connectivity index (χ0v) is 13.9. The Bertz CT molecular complexity index is 505. The molecule has 2 aliphatic carbocycles. The minimum Gasteiger partial charge on any atom is -0.508 e. The first-order valence-corrected chi connectivity index (χ1v) is 8.82. The van der Waals surface area contributed by atoms with Gasteiger partial charge in [-0.25, -0.2) is 0 Å². The lowest BCUT2D eigenvalue weighted by Gasteiger charge is -2.51. The van der Waals surface area contributed by atoms with E-state index in [-0.39, 0.29) is 0 Å². The third-order valence-corrected chi connectivity index (χ3v) is 6.30. The van der Waals surface area contributed by atoms with Crippen LogP contribution < -0.4 is 0 Å². The van der Waals surface area contributed by atoms with Crippen LogP contribution in [0.15, 0.2) is 18.2 Å². The molecule has 3 unspecified atom stereocenters. The molecule has 1 fully saturated rings. The Balaban J connectivity index is 1.87. The second-order valence-electron chi connectivity index (χ2n) is 8.04. The van der Waals surface area contributed by atoms with E-state index >= 15 is 0 Å². The summed E-state index contributed by atoms with van der Waals surface area (Å²) in [6, 6.07) is 6.10. The highest BCUT2D eigenvalue weighted by Gasteiger charge is 2.46. The zero-order valence-electron chi connectivity index (χ0n) is 13.9. The highest BCUT2D eigenvalue weighted by molar-refractivity contribution is 5.40. The second-order valence-corrected chi connectivity index (χ2v) is 8.04. The molecule has 1 nitrogen and oxygen atoms in total. The molecule has 1 aromatic rings. The molecule has 1 N–H and O–H groups in total. The van der Waals surface area contributed by atoms with Crippen LogP contribution >= 0.6 is 0 Å². The predicted molar refractivity (Wildman–Crippen MR) is 88.7 cm³/mol. The van der Waals surface area contributed by atoms with Crippen LogP contribution in [0.3, 0.4) is 0 Å². The summed E-state index contributed by atoms with van der Waals surface area (Å²) < 4.78 is 0. The van der Waals surface area contributed by atoms with E-state index in [0.29, 0.717) is 17.1 Å². The van der Waals surface area contributed by atoms with Gasteiger partial charge in [0, 0.05) is 0 Å². The van der Waals surface area contributed by atoms with Gasteiger partial charge in [0.05, 0.1) is 0 Å². The standard InChI is InChI=1S/C20H30O/c1-14(2)7-8-16-5-4-6-19-18-10-9-17(21)13-15(18)11-12-20(16,19)3/h9-10,13-14,16,19,21H,4-8,11-12H2,1-3H3. The van der Waals surface area contributed by atoms with E-state index < -0.39 is 0 Å². The molecule has 116 valence electrons. The van der Waals surface area contributed by atoms with Crippen LogP contribution in [-0.4, -0.2) is 5.11 Å². The van der Waals surface area contributed by atoms with Crippen LogP contribution in [0.4, 0.5) is 0 Å². The van der Waals surface area contributed by atoms with Crippen LogP contribution in [0.2, 0.25) is 0 Å². The van der Waals surface area contributed by atoms with Crippen LogP contribution in [0.25, 0.3) is 0 Å². The van der Waals surface area contributed by atoms with E-state index in [1.54, 1.807) is 0 Å². The third kappa shape index (κ3) is 2.72. The SMILES string of the molecule is CC(C)CCC1CCCC2c3ccc(O)cc3CCC12C. The Morgan fingerprint density at radius 1 is 1.29 bits per heavy atom. The minimum absolute atomic E-state index is 0.435. The average molecular weight is 286 g/mol. The van der Waals surface area contributed by atoms with Gasteiger partial charge in [-0.15, -0.1) is 0 Å². The van der Waals surface area contributed by atoms with Crippen LogP contribution in [0, 0.1) is 17.3 Å². The average Bonchev–Trinajstić information content (AvgIpc) is 2.44. The number of hydrogen-bond acceptors (Lipinski definition) is 1. The van der Waals surface area contributed by atoms with Crippen molar-refractivity contribution in [1.82, 2.24) is 0 Å². The molecule has 1 saturated carbocycles. The largest absolute Gasteiger partial charge is 0.508 e. The lowest BCUT2D eigenvalue weighted by Crippen LogP contribution is -2.41. The molecule has 0 bridgehead atoms. The predicted octanol–water partition coefficient (Wildman–Crippen LogP) is 5.66. The van der Waals surface area contributed by atoms with Gasteiger partial charge in [-0.3, -0.25) is 0 Å². The van der Waals surface area contributed by atoms with E-state index in [4.69, 9.17) is 0 Å². The molecule has 0 aliphatic heterocycles. The van der Waals surface area contributed by atoms with Crippen LogP contribution in [0.5, 0.6) is 5.75 Å². The fourth-order valence-corrected chi connectivity index (χ4v) is 4.96. The molecular formula is C20H30O. The Morgan fingerprint density at radius 2 is 2.10 bits per heavy atom. The summed E-state index contributed by atoms with van der Waals surface area (Å²) in [7, 11) is 0. The summed E-state index contributed by atoms with van der Waals surface area (Å²) in [4.78, 5) is 0. The first-order valence-electron chi connectivity index (χ1n) is 8.82. The molecular weight excluding hydrogens is 256 g/mol. The van der Waals surface area contributed by atoms with E-state index in [0.717, 1.165) is 18.3 Å². The Kier molecular flexibility index (Phi) is 4.03. The van der Waals surface area contributed by atoms with Gasteiger partial charge in [0.1, 0.15) is 5.75 Å². The van der Waals surface area contributed by atoms with Gasteiger partial charge in [0.25, 0.3) is 0 Å². The molecule has 0 radical (unpaired) electrons. The summed E-state index contributed by atoms with van der Waals surface area (Å²) in [5.41, 5.74) is 3.43. The second kappa shape index (κ2) is 5.66. The molecule has 0 spiro atoms. The Labute approximate surface area is 129 Å². The molecule has 2 aliphatic rings. The van der Waals surface area contributed by atoms with Crippen LogP contribution in [-0.2, 0) is 6.42 Å². The normalized spacial score (nSPS) is 31.8. The molecule has 0 heterocycles. The van der Waals surface area contributed by atoms with E-state index in [2.05, 4.69) is 26.8 Å². The summed E-state index contributed by atoms with van der Waals surface area (Å²) in [6.07, 6.45) is 9.36. The Morgan fingerprint density at radius 3 is 2.86 bits per heavy atom. The van der Waals surface area contributed by atoms with E-state index in [9.17, 15) is 5.11 Å². The maximum Gasteiger partial charge on any atom is 0.115 e. The molecule has 1 heteroatoms. The number of hydrogen-bond donors (Lipinski definition) is 1. The summed E-state index contributed by atoms with van der Waals surface area (Å²) in [5, 5.41) is 9.75. The van der Waals surface area contributed by atoms with Crippen LogP contribution in [0.1, 0.15) is 76.3 Å². The van der Waals surface area contributed by atoms with Crippen molar-refractivity contribution < 1.29 is 5.11 Å². The van der Waals surface area contributed by atoms with Gasteiger partial charge >= 0.3 is 0 Å². The van der Waals surface area contributed by atoms with Crippen molar-refractivity contribution in [2.75, 3.05) is 0 Å². The van der Waals surface area contributed by atoms with Gasteiger partial charge in [0.2, 0.25) is 0 Å². The Hall–Kier alpha value is -0.980. The van der Waals surface area contributed by atoms with Gasteiger partial charge in [-0.1, -0.05) is 39.7 Å². The van der Waals surface area contributed by atoms with Gasteiger partial charge in [0.15, 0.2) is 0 Å². The lowest BCUT2D eigenvalue weighted by atomic mass is 9.53. The molecule has 0 amide bonds. The van der Waals surface area contributed by atoms with Crippen molar-refractivity contribution in [2.45, 2.75) is 71.6 Å². The monoisotopic (exact) mass is 286 g/mol. The van der Waals surface area contributed by atoms with Crippen molar-refractivity contribution in [3.05, 3.63) is 29.3 Å². The number of aryl methyl sites for hydroxylation is 1. The summed E-state index contributed by atoms with van der Waals surface area (Å²) in [6.45, 7) is 7.25. The van der Waals surface area contributed by atoms with Crippen molar-refractivity contribution >= 4 is 0 Å². The van der Waals surface area contributed by atoms with Gasteiger partial charge in [-0.05, 0) is 78.5 Å². The quantitative estimate of drug-likeness (QED) is 0.759. The fraction of sp³-hybridized carbons (Fsp3) is 0.700. The molecule has 1 aromatic carbocycles. The highest BCUT2D eigenvalue weighted by atomic mass is 16.3. The molecule has 3 rings (SSSR count). The smallest absolute Gasteiger partial charge is 0.115 e. The fourth-order valence-electron chi connectivity index (χ4n) is 4.96. The zero-order chi connectivity index (χ0) is 15.0. The number of fused-ring (bicyclic) bond motifs is 3. The lowest BCUT2D eigenvalue weighted by molar-refractivity contribution is 0.0557. The number of benzene rings is 1. The molecule has 3 atom stereocenters. The number of aromatic hydroxyl groups is 1. The first-order chi connectivity index (χ1) is 10.0. The highest BCUT2D eigenvalue weighted by Crippen LogP contribution is 2.57. The van der Waals surface area contributed by atoms with Gasteiger partial charge in [-0.2, -0.15) is 0 Å². The molecule has 0 aromatic heterocycles. The summed E-state index contributed by atoms with van der Waals surface area (Å²) in [5.74, 6) is 2.86. The van der Waals surface area contributed by atoms with Crippen molar-refractivity contribution in [3.63, 3.8) is 0 Å². The maximum absolute atomic E-state index is 9.75. The van der Waals surface area contributed by atoms with E-state index in [1.807, 2.05) is 12.1 Å². The molecule has 0 saturated heterocycles. The topological polar surface area (TPSA) is 20.2 Å². The maximum atomic E-state index is 9.75. The third-order valence-electron chi connectivity index (χ3n) is 6.30. The first kappa shape index (κ1) is 14.9. The summed E-state index contributed by atoms with van der Waals surface area (Å²) >= 11 is 0. The number of phenolic OH excluding ortho intramolecular Hbond substituents is 1. The van der Waals surface area contributed by atoms with E-state index in [1.165, 1.54) is 49.7 Å². The van der Waals surface area contributed by atoms with Crippen molar-refractivity contribution in [2.24, 2.45) is 17.3 Å². The number of rotatable bonds is 3. The minimum atomic E-state index is 0.435. The number of phenols is 1. The van der Waals surface area contributed by atoms with Crippen molar-refractivity contribution in [1.29, 1.82) is 0 Å². The van der Waals surface area contributed by atoms with Crippen molar-refractivity contribution in [3.8, 4) is 5.75 Å². The van der Waals surface area contributed by atoms with Gasteiger partial charge < -0.3 is 5.11 Å². The molecule has 21 heavy (non-hydrogen) atoms.